The van der Waals surface area contributed by atoms with Crippen molar-refractivity contribution in [1.29, 1.82) is 5.26 Å². The van der Waals surface area contributed by atoms with Crippen molar-refractivity contribution >= 4 is 0 Å². The zero-order valence-corrected chi connectivity index (χ0v) is 23.0. The quantitative estimate of drug-likeness (QED) is 0.228. The van der Waals surface area contributed by atoms with E-state index in [2.05, 4.69) is 16.2 Å². The van der Waals surface area contributed by atoms with Crippen LogP contribution in [0.25, 0.3) is 16.0 Å². The Kier molecular flexibility index (Phi) is 8.58. The van der Waals surface area contributed by atoms with Gasteiger partial charge in [-0.3, -0.25) is 13.9 Å². The van der Waals surface area contributed by atoms with Gasteiger partial charge in [-0.15, -0.1) is 0 Å². The van der Waals surface area contributed by atoms with Crippen LogP contribution in [0.3, 0.4) is 0 Å². The second kappa shape index (κ2) is 12.6. The van der Waals surface area contributed by atoms with Gasteiger partial charge in [-0.05, 0) is 49.1 Å². The van der Waals surface area contributed by atoms with Gasteiger partial charge in [0.2, 0.25) is 0 Å². The third kappa shape index (κ3) is 6.06. The molecule has 0 bridgehead atoms. The lowest BCUT2D eigenvalue weighted by molar-refractivity contribution is 0.286. The highest BCUT2D eigenvalue weighted by Crippen LogP contribution is 2.42. The van der Waals surface area contributed by atoms with E-state index in [1.807, 2.05) is 78.9 Å². The van der Waals surface area contributed by atoms with Crippen LogP contribution in [0, 0.1) is 17.9 Å². The molecule has 0 unspecified atom stereocenters. The van der Waals surface area contributed by atoms with E-state index >= 15 is 0 Å². The molecule has 0 aliphatic heterocycles. The largest absolute Gasteiger partial charge is 0.331 e. The van der Waals surface area contributed by atoms with E-state index in [1.165, 1.54) is 4.57 Å². The maximum atomic E-state index is 13.5. The molecule has 41 heavy (non-hydrogen) atoms. The topological polar surface area (TPSA) is 84.2 Å². The predicted molar refractivity (Wildman–Crippen MR) is 160 cm³/mol. The van der Waals surface area contributed by atoms with Gasteiger partial charge in [-0.25, -0.2) is 11.4 Å². The molecule has 4 aromatic rings. The third-order valence-corrected chi connectivity index (χ3v) is 8.08. The van der Waals surface area contributed by atoms with Crippen molar-refractivity contribution in [3.63, 3.8) is 0 Å². The molecular weight excluding hydrogens is 510 g/mol. The minimum absolute atomic E-state index is 0.251. The molecule has 1 aliphatic rings. The van der Waals surface area contributed by atoms with Crippen molar-refractivity contribution in [3.05, 3.63) is 140 Å². The summed E-state index contributed by atoms with van der Waals surface area (Å²) in [5.41, 5.74) is 2.46. The molecule has 0 spiro atoms. The molecular formula is C34H33N5O2. The Morgan fingerprint density at radius 1 is 0.951 bits per heavy atom. The first kappa shape index (κ1) is 27.8. The molecule has 0 saturated heterocycles. The first-order valence-electron chi connectivity index (χ1n) is 14.1. The number of aromatic nitrogens is 2. The zero-order valence-electron chi connectivity index (χ0n) is 23.0. The van der Waals surface area contributed by atoms with Crippen LogP contribution < -0.4 is 16.6 Å². The molecule has 3 aromatic carbocycles. The second-order valence-corrected chi connectivity index (χ2v) is 10.6. The average Bonchev–Trinajstić information content (AvgIpc) is 3.03. The summed E-state index contributed by atoms with van der Waals surface area (Å²) in [5, 5.41) is 13.1. The Balaban J connectivity index is 1.27. The Morgan fingerprint density at radius 3 is 2.29 bits per heavy atom. The van der Waals surface area contributed by atoms with E-state index in [9.17, 15) is 14.9 Å². The summed E-state index contributed by atoms with van der Waals surface area (Å²) in [6.45, 7) is 9.28. The number of benzene rings is 3. The minimum Gasteiger partial charge on any atom is -0.314 e. The summed E-state index contributed by atoms with van der Waals surface area (Å²) in [5.74, 6) is 0. The van der Waals surface area contributed by atoms with Crippen molar-refractivity contribution in [3.8, 4) is 17.2 Å². The normalized spacial score (nSPS) is 18.3. The molecule has 206 valence electrons. The molecule has 0 radical (unpaired) electrons. The van der Waals surface area contributed by atoms with Crippen molar-refractivity contribution in [2.75, 3.05) is 6.54 Å². The SMILES string of the molecule is [C-]#[N+]C1(c2ccccc2C#N)CCC(NCCCn2c(=O)c(-c3ccccc3)cn(Cc3ccccc3)c2=O)CC1. The van der Waals surface area contributed by atoms with Crippen LogP contribution in [-0.4, -0.2) is 21.7 Å². The fourth-order valence-corrected chi connectivity index (χ4v) is 5.83. The molecule has 1 aliphatic carbocycles. The van der Waals surface area contributed by atoms with Gasteiger partial charge in [0.15, 0.2) is 0 Å². The van der Waals surface area contributed by atoms with E-state index in [0.717, 1.165) is 29.5 Å². The van der Waals surface area contributed by atoms with E-state index in [1.54, 1.807) is 16.8 Å². The van der Waals surface area contributed by atoms with Crippen LogP contribution >= 0.6 is 0 Å². The highest BCUT2D eigenvalue weighted by Gasteiger charge is 2.44. The van der Waals surface area contributed by atoms with Crippen LogP contribution in [-0.2, 0) is 18.6 Å². The van der Waals surface area contributed by atoms with Crippen molar-refractivity contribution in [1.82, 2.24) is 14.5 Å². The van der Waals surface area contributed by atoms with Crippen LogP contribution in [0.2, 0.25) is 0 Å². The lowest BCUT2D eigenvalue weighted by Gasteiger charge is -2.32. The summed E-state index contributed by atoms with van der Waals surface area (Å²) in [6, 6.07) is 29.2. The zero-order chi connectivity index (χ0) is 28.7. The molecule has 5 rings (SSSR count). The second-order valence-electron chi connectivity index (χ2n) is 10.6. The molecule has 1 heterocycles. The van der Waals surface area contributed by atoms with Crippen molar-refractivity contribution in [2.45, 2.75) is 56.8 Å². The van der Waals surface area contributed by atoms with E-state index in [-0.39, 0.29) is 17.3 Å². The first-order valence-corrected chi connectivity index (χ1v) is 14.1. The van der Waals surface area contributed by atoms with Crippen molar-refractivity contribution < 1.29 is 0 Å². The maximum absolute atomic E-state index is 13.5. The molecule has 0 atom stereocenters. The first-order chi connectivity index (χ1) is 20.0. The summed E-state index contributed by atoms with van der Waals surface area (Å²) in [7, 11) is 0. The maximum Gasteiger partial charge on any atom is 0.331 e. The highest BCUT2D eigenvalue weighted by molar-refractivity contribution is 5.61. The van der Waals surface area contributed by atoms with Gasteiger partial charge in [0.1, 0.15) is 0 Å². The number of hydrogen-bond donors (Lipinski definition) is 1. The Morgan fingerprint density at radius 2 is 1.61 bits per heavy atom. The van der Waals surface area contributed by atoms with Crippen LogP contribution in [0.5, 0.6) is 0 Å². The lowest BCUT2D eigenvalue weighted by Crippen LogP contribution is -2.42. The van der Waals surface area contributed by atoms with Gasteiger partial charge in [0.05, 0.1) is 29.3 Å². The van der Waals surface area contributed by atoms with Crippen LogP contribution in [0.1, 0.15) is 48.8 Å². The molecule has 7 nitrogen and oxygen atoms in total. The van der Waals surface area contributed by atoms with Gasteiger partial charge in [0.25, 0.3) is 11.1 Å². The van der Waals surface area contributed by atoms with Gasteiger partial charge >= 0.3 is 5.69 Å². The molecule has 1 saturated carbocycles. The Labute approximate surface area is 240 Å². The molecule has 1 N–H and O–H groups in total. The van der Waals surface area contributed by atoms with Gasteiger partial charge in [-0.1, -0.05) is 72.8 Å². The summed E-state index contributed by atoms with van der Waals surface area (Å²) in [6.07, 6.45) is 5.34. The Hall–Kier alpha value is -4.72. The van der Waals surface area contributed by atoms with Gasteiger partial charge in [-0.2, -0.15) is 5.26 Å². The number of hydrogen-bond acceptors (Lipinski definition) is 4. The van der Waals surface area contributed by atoms with Crippen molar-refractivity contribution in [2.24, 2.45) is 0 Å². The van der Waals surface area contributed by atoms with Crippen LogP contribution in [0.15, 0.2) is 101 Å². The van der Waals surface area contributed by atoms with E-state index < -0.39 is 5.54 Å². The summed E-state index contributed by atoms with van der Waals surface area (Å²) >= 11 is 0. The third-order valence-electron chi connectivity index (χ3n) is 8.08. The molecule has 7 heteroatoms. The van der Waals surface area contributed by atoms with Gasteiger partial charge in [0, 0.05) is 31.6 Å². The monoisotopic (exact) mass is 543 g/mol. The number of nitrogens with zero attached hydrogens (tertiary/aromatic N) is 4. The average molecular weight is 544 g/mol. The fraction of sp³-hybridized carbons (Fsp3) is 0.294. The highest BCUT2D eigenvalue weighted by atomic mass is 16.2. The number of nitrogens with one attached hydrogen (secondary N) is 1. The molecule has 1 aromatic heterocycles. The fourth-order valence-electron chi connectivity index (χ4n) is 5.83. The summed E-state index contributed by atoms with van der Waals surface area (Å²) in [4.78, 5) is 30.9. The molecule has 0 amide bonds. The van der Waals surface area contributed by atoms with Gasteiger partial charge < -0.3 is 10.2 Å². The Bertz CT molecular complexity index is 1690. The van der Waals surface area contributed by atoms with E-state index in [4.69, 9.17) is 6.57 Å². The summed E-state index contributed by atoms with van der Waals surface area (Å²) < 4.78 is 2.98. The number of rotatable bonds is 9. The number of nitriles is 1. The van der Waals surface area contributed by atoms with E-state index in [0.29, 0.717) is 50.0 Å². The lowest BCUT2D eigenvalue weighted by atomic mass is 9.74. The predicted octanol–water partition coefficient (Wildman–Crippen LogP) is 5.33. The smallest absolute Gasteiger partial charge is 0.314 e. The standard InChI is InChI=1S/C34H33N5O2/c1-36-34(31-16-9-8-15-28(31)23-35)19-17-29(18-20-34)37-21-10-22-39-32(40)30(27-13-6-3-7-14-27)25-38(33(39)41)24-26-11-4-2-5-12-26/h2-9,11-16,25,29,37H,10,17-22,24H2. The van der Waals surface area contributed by atoms with Crippen LogP contribution in [0.4, 0.5) is 0 Å². The minimum atomic E-state index is -0.653. The molecule has 1 fully saturated rings.